The van der Waals surface area contributed by atoms with Crippen LogP contribution in [-0.4, -0.2) is 7.11 Å². The maximum absolute atomic E-state index is 8.77. The molecule has 0 unspecified atom stereocenters. The number of benzene rings is 2. The SMILES string of the molecule is COc1ccc(C)cc1CSCc1ccc(C#N)cc1. The van der Waals surface area contributed by atoms with Crippen LogP contribution in [0.3, 0.4) is 0 Å². The lowest BCUT2D eigenvalue weighted by molar-refractivity contribution is 0.411. The Bertz CT molecular complexity index is 614. The summed E-state index contributed by atoms with van der Waals surface area (Å²) in [5.41, 5.74) is 4.42. The minimum absolute atomic E-state index is 0.708. The molecule has 20 heavy (non-hydrogen) atoms. The largest absolute Gasteiger partial charge is 0.496 e. The number of thioether (sulfide) groups is 1. The lowest BCUT2D eigenvalue weighted by Gasteiger charge is -2.09. The molecule has 2 nitrogen and oxygen atoms in total. The first-order chi connectivity index (χ1) is 9.72. The Kier molecular flexibility index (Phi) is 5.09. The highest BCUT2D eigenvalue weighted by Gasteiger charge is 2.03. The van der Waals surface area contributed by atoms with Crippen molar-refractivity contribution in [3.8, 4) is 11.8 Å². The van der Waals surface area contributed by atoms with E-state index in [9.17, 15) is 0 Å². The van der Waals surface area contributed by atoms with E-state index in [4.69, 9.17) is 10.00 Å². The zero-order chi connectivity index (χ0) is 14.4. The van der Waals surface area contributed by atoms with E-state index in [1.165, 1.54) is 16.7 Å². The lowest BCUT2D eigenvalue weighted by Crippen LogP contribution is -1.92. The van der Waals surface area contributed by atoms with Gasteiger partial charge in [0.1, 0.15) is 5.75 Å². The first-order valence-corrected chi connectivity index (χ1v) is 7.58. The molecule has 2 aromatic carbocycles. The van der Waals surface area contributed by atoms with Gasteiger partial charge in [-0.05, 0) is 30.7 Å². The number of nitrogens with zero attached hydrogens (tertiary/aromatic N) is 1. The highest BCUT2D eigenvalue weighted by molar-refractivity contribution is 7.97. The summed E-state index contributed by atoms with van der Waals surface area (Å²) < 4.78 is 5.38. The summed E-state index contributed by atoms with van der Waals surface area (Å²) in [4.78, 5) is 0. The fraction of sp³-hybridized carbons (Fsp3) is 0.235. The van der Waals surface area contributed by atoms with E-state index in [1.807, 2.05) is 42.1 Å². The van der Waals surface area contributed by atoms with Crippen LogP contribution in [0.5, 0.6) is 5.75 Å². The Morgan fingerprint density at radius 2 is 1.85 bits per heavy atom. The summed E-state index contributed by atoms with van der Waals surface area (Å²) in [6.45, 7) is 2.09. The van der Waals surface area contributed by atoms with Crippen LogP contribution < -0.4 is 4.74 Å². The Balaban J connectivity index is 1.95. The second-order valence-electron chi connectivity index (χ2n) is 4.62. The van der Waals surface area contributed by atoms with Gasteiger partial charge in [-0.2, -0.15) is 17.0 Å². The van der Waals surface area contributed by atoms with Crippen LogP contribution in [0, 0.1) is 18.3 Å². The van der Waals surface area contributed by atoms with E-state index in [0.29, 0.717) is 5.56 Å². The van der Waals surface area contributed by atoms with Gasteiger partial charge in [-0.3, -0.25) is 0 Å². The van der Waals surface area contributed by atoms with Crippen molar-refractivity contribution in [1.82, 2.24) is 0 Å². The Hall–Kier alpha value is -1.92. The maximum Gasteiger partial charge on any atom is 0.122 e. The normalized spacial score (nSPS) is 10.1. The van der Waals surface area contributed by atoms with Crippen molar-refractivity contribution in [2.75, 3.05) is 7.11 Å². The second kappa shape index (κ2) is 7.02. The van der Waals surface area contributed by atoms with Gasteiger partial charge in [-0.25, -0.2) is 0 Å². The van der Waals surface area contributed by atoms with E-state index in [0.717, 1.165) is 17.3 Å². The van der Waals surface area contributed by atoms with E-state index < -0.39 is 0 Å². The molecule has 102 valence electrons. The molecule has 2 rings (SSSR count). The number of aryl methyl sites for hydroxylation is 1. The van der Waals surface area contributed by atoms with Crippen molar-refractivity contribution in [3.05, 3.63) is 64.7 Å². The molecule has 3 heteroatoms. The van der Waals surface area contributed by atoms with Gasteiger partial charge < -0.3 is 4.74 Å². The molecule has 0 aliphatic heterocycles. The van der Waals surface area contributed by atoms with E-state index in [2.05, 4.69) is 25.1 Å². The first-order valence-electron chi connectivity index (χ1n) is 6.43. The van der Waals surface area contributed by atoms with E-state index in [1.54, 1.807) is 7.11 Å². The molecule has 0 N–H and O–H groups in total. The predicted molar refractivity (Wildman–Crippen MR) is 83.9 cm³/mol. The average Bonchev–Trinajstić information content (AvgIpc) is 2.48. The van der Waals surface area contributed by atoms with Crippen LogP contribution in [0.1, 0.15) is 22.3 Å². The minimum Gasteiger partial charge on any atom is -0.496 e. The van der Waals surface area contributed by atoms with Gasteiger partial charge >= 0.3 is 0 Å². The van der Waals surface area contributed by atoms with E-state index >= 15 is 0 Å². The number of methoxy groups -OCH3 is 1. The number of hydrogen-bond donors (Lipinski definition) is 0. The summed E-state index contributed by atoms with van der Waals surface area (Å²) in [5, 5.41) is 8.77. The predicted octanol–water partition coefficient (Wildman–Crippen LogP) is 4.31. The van der Waals surface area contributed by atoms with Crippen LogP contribution in [0.2, 0.25) is 0 Å². The molecule has 0 heterocycles. The third-order valence-electron chi connectivity index (χ3n) is 3.05. The highest BCUT2D eigenvalue weighted by atomic mass is 32.2. The van der Waals surface area contributed by atoms with Crippen molar-refractivity contribution >= 4 is 11.8 Å². The van der Waals surface area contributed by atoms with Gasteiger partial charge in [0.15, 0.2) is 0 Å². The monoisotopic (exact) mass is 283 g/mol. The van der Waals surface area contributed by atoms with Gasteiger partial charge in [-0.1, -0.05) is 29.8 Å². The molecule has 2 aromatic rings. The van der Waals surface area contributed by atoms with Crippen molar-refractivity contribution in [2.24, 2.45) is 0 Å². The molecule has 0 spiro atoms. The quantitative estimate of drug-likeness (QED) is 0.819. The maximum atomic E-state index is 8.77. The van der Waals surface area contributed by atoms with Gasteiger partial charge in [0.2, 0.25) is 0 Å². The van der Waals surface area contributed by atoms with Gasteiger partial charge in [0.05, 0.1) is 18.7 Å². The van der Waals surface area contributed by atoms with Crippen LogP contribution in [-0.2, 0) is 11.5 Å². The van der Waals surface area contributed by atoms with E-state index in [-0.39, 0.29) is 0 Å². The molecular formula is C17H17NOS. The third kappa shape index (κ3) is 3.79. The Morgan fingerprint density at radius 3 is 2.50 bits per heavy atom. The van der Waals surface area contributed by atoms with Crippen LogP contribution in [0.4, 0.5) is 0 Å². The van der Waals surface area contributed by atoms with Crippen molar-refractivity contribution in [1.29, 1.82) is 5.26 Å². The topological polar surface area (TPSA) is 33.0 Å². The first kappa shape index (κ1) is 14.5. The van der Waals surface area contributed by atoms with Crippen LogP contribution in [0.25, 0.3) is 0 Å². The number of nitriles is 1. The summed E-state index contributed by atoms with van der Waals surface area (Å²) in [7, 11) is 1.71. The highest BCUT2D eigenvalue weighted by Crippen LogP contribution is 2.26. The smallest absolute Gasteiger partial charge is 0.122 e. The number of rotatable bonds is 5. The van der Waals surface area contributed by atoms with Gasteiger partial charge in [0.25, 0.3) is 0 Å². The van der Waals surface area contributed by atoms with Crippen molar-refractivity contribution in [2.45, 2.75) is 18.4 Å². The molecule has 0 bridgehead atoms. The molecular weight excluding hydrogens is 266 g/mol. The second-order valence-corrected chi connectivity index (χ2v) is 5.60. The summed E-state index contributed by atoms with van der Waals surface area (Å²) >= 11 is 1.85. The molecule has 0 saturated carbocycles. The fourth-order valence-electron chi connectivity index (χ4n) is 1.97. The van der Waals surface area contributed by atoms with Crippen LogP contribution in [0.15, 0.2) is 42.5 Å². The zero-order valence-corrected chi connectivity index (χ0v) is 12.5. The zero-order valence-electron chi connectivity index (χ0n) is 11.7. The van der Waals surface area contributed by atoms with Crippen LogP contribution >= 0.6 is 11.8 Å². The number of hydrogen-bond acceptors (Lipinski definition) is 3. The average molecular weight is 283 g/mol. The van der Waals surface area contributed by atoms with Gasteiger partial charge in [0, 0.05) is 17.1 Å². The fourth-order valence-corrected chi connectivity index (χ4v) is 2.95. The molecule has 0 radical (unpaired) electrons. The molecule has 0 aromatic heterocycles. The molecule has 0 atom stereocenters. The summed E-state index contributed by atoms with van der Waals surface area (Å²) in [5.74, 6) is 2.80. The molecule has 0 aliphatic carbocycles. The summed E-state index contributed by atoms with van der Waals surface area (Å²) in [6.07, 6.45) is 0. The minimum atomic E-state index is 0.708. The standard InChI is InChI=1S/C17H17NOS/c1-13-3-8-17(19-2)16(9-13)12-20-11-15-6-4-14(10-18)5-7-15/h3-9H,11-12H2,1-2H3. The Morgan fingerprint density at radius 1 is 1.10 bits per heavy atom. The third-order valence-corrected chi connectivity index (χ3v) is 4.10. The Labute approximate surface area is 124 Å². The number of ether oxygens (including phenoxy) is 1. The molecule has 0 amide bonds. The lowest BCUT2D eigenvalue weighted by atomic mass is 10.1. The molecule has 0 aliphatic rings. The summed E-state index contributed by atoms with van der Waals surface area (Å²) in [6, 6.07) is 16.1. The van der Waals surface area contributed by atoms with Crippen molar-refractivity contribution in [3.63, 3.8) is 0 Å². The molecule has 0 fully saturated rings. The van der Waals surface area contributed by atoms with Gasteiger partial charge in [-0.15, -0.1) is 0 Å². The van der Waals surface area contributed by atoms with Crippen molar-refractivity contribution < 1.29 is 4.74 Å². The molecule has 0 saturated heterocycles.